The highest BCUT2D eigenvalue weighted by Crippen LogP contribution is 2.32. The van der Waals surface area contributed by atoms with Gasteiger partial charge < -0.3 is 9.47 Å². The van der Waals surface area contributed by atoms with Crippen molar-refractivity contribution in [1.82, 2.24) is 9.97 Å². The minimum absolute atomic E-state index is 0.0333. The van der Waals surface area contributed by atoms with E-state index >= 15 is 0 Å². The second-order valence-electron chi connectivity index (χ2n) is 5.41. The summed E-state index contributed by atoms with van der Waals surface area (Å²) in [5, 5.41) is 13.9. The van der Waals surface area contributed by atoms with Gasteiger partial charge in [-0.1, -0.05) is 0 Å². The number of aromatic nitrogens is 2. The second kappa shape index (κ2) is 7.80. The molecular formula is C18H17N5O2S. The monoisotopic (exact) mass is 367 g/mol. The Bertz CT molecular complexity index is 1010. The highest BCUT2D eigenvalue weighted by molar-refractivity contribution is 7.18. The van der Waals surface area contributed by atoms with Gasteiger partial charge in [-0.25, -0.2) is 9.97 Å². The quantitative estimate of drug-likeness (QED) is 0.528. The fraction of sp³-hybridized carbons (Fsp3) is 0.222. The number of fused-ring (bicyclic) bond motifs is 1. The lowest BCUT2D eigenvalue weighted by Crippen LogP contribution is -1.98. The average molecular weight is 367 g/mol. The van der Waals surface area contributed by atoms with Gasteiger partial charge in [0.15, 0.2) is 23.9 Å². The zero-order valence-corrected chi connectivity index (χ0v) is 15.4. The van der Waals surface area contributed by atoms with E-state index in [1.165, 1.54) is 11.2 Å². The van der Waals surface area contributed by atoms with E-state index in [4.69, 9.17) is 14.7 Å². The topological polar surface area (TPSA) is 92.4 Å². The number of aryl methyl sites for hydroxylation is 2. The van der Waals surface area contributed by atoms with Crippen LogP contribution in [0, 0.1) is 25.2 Å². The van der Waals surface area contributed by atoms with Gasteiger partial charge in [0.2, 0.25) is 0 Å². The van der Waals surface area contributed by atoms with Crippen LogP contribution in [0.2, 0.25) is 0 Å². The fourth-order valence-electron chi connectivity index (χ4n) is 2.43. The molecule has 0 bridgehead atoms. The van der Waals surface area contributed by atoms with E-state index in [2.05, 4.69) is 34.3 Å². The van der Waals surface area contributed by atoms with E-state index in [9.17, 15) is 0 Å². The molecule has 132 valence electrons. The molecule has 26 heavy (non-hydrogen) atoms. The van der Waals surface area contributed by atoms with Crippen LogP contribution in [0.5, 0.6) is 11.5 Å². The Morgan fingerprint density at radius 3 is 2.92 bits per heavy atom. The van der Waals surface area contributed by atoms with Crippen LogP contribution in [-0.4, -0.2) is 29.9 Å². The van der Waals surface area contributed by atoms with Gasteiger partial charge >= 0.3 is 0 Å². The van der Waals surface area contributed by atoms with Crippen LogP contribution in [0.1, 0.15) is 16.0 Å². The van der Waals surface area contributed by atoms with Crippen molar-refractivity contribution in [2.75, 3.05) is 19.1 Å². The van der Waals surface area contributed by atoms with Crippen molar-refractivity contribution in [3.63, 3.8) is 0 Å². The van der Waals surface area contributed by atoms with Crippen LogP contribution in [-0.2, 0) is 0 Å². The molecule has 3 aromatic rings. The number of rotatable bonds is 6. The molecule has 0 atom stereocenters. The van der Waals surface area contributed by atoms with Crippen LogP contribution in [0.4, 0.5) is 5.82 Å². The lowest BCUT2D eigenvalue weighted by molar-refractivity contribution is 0.329. The first-order chi connectivity index (χ1) is 12.6. The van der Waals surface area contributed by atoms with Gasteiger partial charge in [0.25, 0.3) is 0 Å². The molecule has 3 rings (SSSR count). The van der Waals surface area contributed by atoms with Gasteiger partial charge in [0, 0.05) is 4.88 Å². The van der Waals surface area contributed by atoms with E-state index in [0.29, 0.717) is 17.3 Å². The van der Waals surface area contributed by atoms with Crippen molar-refractivity contribution in [3.8, 4) is 17.6 Å². The fourth-order valence-corrected chi connectivity index (χ4v) is 3.43. The van der Waals surface area contributed by atoms with Crippen LogP contribution in [0.15, 0.2) is 29.6 Å². The normalized spacial score (nSPS) is 10.8. The number of ether oxygens (including phenoxy) is 2. The van der Waals surface area contributed by atoms with Crippen LogP contribution in [0.25, 0.3) is 10.2 Å². The molecule has 0 saturated carbocycles. The Hall–Kier alpha value is -3.18. The summed E-state index contributed by atoms with van der Waals surface area (Å²) in [5.41, 5.74) is 4.96. The van der Waals surface area contributed by atoms with E-state index in [0.717, 1.165) is 21.3 Å². The number of benzene rings is 1. The first-order valence-corrected chi connectivity index (χ1v) is 8.63. The standard InChI is InChI=1S/C18H17N5O2S/c1-11-12(2)26-18-16(11)17(20-10-21-18)23-22-9-13-4-5-14(25-7-6-19)15(8-13)24-3/h4-5,8-10H,7H2,1-3H3,(H,20,21,23)/b22-9-. The molecule has 0 saturated heterocycles. The number of thiophene rings is 1. The summed E-state index contributed by atoms with van der Waals surface area (Å²) in [4.78, 5) is 10.7. The van der Waals surface area contributed by atoms with E-state index in [1.54, 1.807) is 36.8 Å². The number of nitrogens with zero attached hydrogens (tertiary/aromatic N) is 4. The third-order valence-electron chi connectivity index (χ3n) is 3.83. The Morgan fingerprint density at radius 1 is 1.31 bits per heavy atom. The summed E-state index contributed by atoms with van der Waals surface area (Å²) < 4.78 is 10.6. The van der Waals surface area contributed by atoms with Gasteiger partial charge in [0.05, 0.1) is 18.7 Å². The lowest BCUT2D eigenvalue weighted by Gasteiger charge is -2.08. The first kappa shape index (κ1) is 17.6. The van der Waals surface area contributed by atoms with Gasteiger partial charge in [0.1, 0.15) is 17.2 Å². The molecule has 0 fully saturated rings. The predicted molar refractivity (Wildman–Crippen MR) is 102 cm³/mol. The first-order valence-electron chi connectivity index (χ1n) is 7.81. The number of anilines is 1. The Balaban J connectivity index is 1.80. The third kappa shape index (κ3) is 3.58. The van der Waals surface area contributed by atoms with Gasteiger partial charge in [-0.2, -0.15) is 10.4 Å². The maximum atomic E-state index is 8.61. The number of methoxy groups -OCH3 is 1. The highest BCUT2D eigenvalue weighted by atomic mass is 32.1. The van der Waals surface area contributed by atoms with Gasteiger partial charge in [-0.3, -0.25) is 5.43 Å². The second-order valence-corrected chi connectivity index (χ2v) is 6.62. The smallest absolute Gasteiger partial charge is 0.174 e. The van der Waals surface area contributed by atoms with Crippen molar-refractivity contribution in [3.05, 3.63) is 40.5 Å². The molecule has 0 aliphatic heterocycles. The largest absolute Gasteiger partial charge is 0.493 e. The lowest BCUT2D eigenvalue weighted by atomic mass is 10.2. The number of nitriles is 1. The zero-order valence-electron chi connectivity index (χ0n) is 14.6. The molecule has 0 amide bonds. The van der Waals surface area contributed by atoms with Gasteiger partial charge in [-0.15, -0.1) is 11.3 Å². The maximum Gasteiger partial charge on any atom is 0.174 e. The number of hydrogen-bond donors (Lipinski definition) is 1. The Kier molecular flexibility index (Phi) is 5.29. The third-order valence-corrected chi connectivity index (χ3v) is 4.94. The summed E-state index contributed by atoms with van der Waals surface area (Å²) in [6.45, 7) is 4.09. The summed E-state index contributed by atoms with van der Waals surface area (Å²) in [6.07, 6.45) is 3.19. The molecular weight excluding hydrogens is 350 g/mol. The number of hydrogen-bond acceptors (Lipinski definition) is 8. The summed E-state index contributed by atoms with van der Waals surface area (Å²) >= 11 is 1.64. The van der Waals surface area contributed by atoms with E-state index in [1.807, 2.05) is 12.1 Å². The van der Waals surface area contributed by atoms with E-state index in [-0.39, 0.29) is 6.61 Å². The molecule has 0 aliphatic rings. The van der Waals surface area contributed by atoms with Crippen molar-refractivity contribution >= 4 is 33.6 Å². The molecule has 0 unspecified atom stereocenters. The zero-order chi connectivity index (χ0) is 18.5. The van der Waals surface area contributed by atoms with Gasteiger partial charge in [-0.05, 0) is 43.2 Å². The molecule has 0 spiro atoms. The van der Waals surface area contributed by atoms with E-state index < -0.39 is 0 Å². The van der Waals surface area contributed by atoms with Crippen molar-refractivity contribution in [1.29, 1.82) is 5.26 Å². The molecule has 1 aromatic carbocycles. The molecule has 2 heterocycles. The molecule has 0 aliphatic carbocycles. The molecule has 2 aromatic heterocycles. The summed E-state index contributed by atoms with van der Waals surface area (Å²) in [5.74, 6) is 1.73. The number of nitrogens with one attached hydrogen (secondary N) is 1. The number of hydrazone groups is 1. The molecule has 8 heteroatoms. The van der Waals surface area contributed by atoms with Crippen molar-refractivity contribution < 1.29 is 9.47 Å². The Labute approximate surface area is 154 Å². The van der Waals surface area contributed by atoms with Crippen LogP contribution >= 0.6 is 11.3 Å². The molecule has 7 nitrogen and oxygen atoms in total. The van der Waals surface area contributed by atoms with Crippen molar-refractivity contribution in [2.45, 2.75) is 13.8 Å². The maximum absolute atomic E-state index is 8.61. The summed E-state index contributed by atoms with van der Waals surface area (Å²) in [7, 11) is 1.55. The average Bonchev–Trinajstić information content (AvgIpc) is 2.95. The van der Waals surface area contributed by atoms with Crippen LogP contribution in [0.3, 0.4) is 0 Å². The predicted octanol–water partition coefficient (Wildman–Crippen LogP) is 3.67. The minimum Gasteiger partial charge on any atom is -0.493 e. The SMILES string of the molecule is COc1cc(/C=N\Nc2ncnc3sc(C)c(C)c23)ccc1OCC#N. The summed E-state index contributed by atoms with van der Waals surface area (Å²) in [6, 6.07) is 7.29. The molecule has 1 N–H and O–H groups in total. The highest BCUT2D eigenvalue weighted by Gasteiger charge is 2.11. The van der Waals surface area contributed by atoms with Crippen LogP contribution < -0.4 is 14.9 Å². The molecule has 0 radical (unpaired) electrons. The Morgan fingerprint density at radius 2 is 2.15 bits per heavy atom. The minimum atomic E-state index is -0.0333. The van der Waals surface area contributed by atoms with Crippen molar-refractivity contribution in [2.24, 2.45) is 5.10 Å².